The Hall–Kier alpha value is -5.56. The SMILES string of the molecule is C[C@H](NC(=O)CCS)C(=O)NC(C)(C)C(=O)N[C@@H](C)C(=O)NC(C)(C)C(=O)N[C@@H](C)C(=O)NC(C)(C)C(=O)N[C@@H](C)C(=O)NC(C)(C)C(=O)N[C@@H](C)C(=O)NC1(C(=O)O)CC(C)(C)[NH+]([O-])C(C)(C)C1. The molecule has 24 nitrogen and oxygen atoms in total. The van der Waals surface area contributed by atoms with Gasteiger partial charge in [0.05, 0.1) is 11.1 Å². The number of piperidine rings is 1. The lowest BCUT2D eigenvalue weighted by molar-refractivity contribution is -0.956. The van der Waals surface area contributed by atoms with E-state index >= 15 is 0 Å². The van der Waals surface area contributed by atoms with Crippen LogP contribution in [0.5, 0.6) is 0 Å². The number of hydroxylamine groups is 2. The third-order valence-electron chi connectivity index (χ3n) is 11.6. The van der Waals surface area contributed by atoms with E-state index in [2.05, 4.69) is 65.8 Å². The van der Waals surface area contributed by atoms with Gasteiger partial charge in [-0.2, -0.15) is 12.6 Å². The maximum atomic E-state index is 13.3. The molecule has 0 aromatic heterocycles. The van der Waals surface area contributed by atoms with Gasteiger partial charge in [0.25, 0.3) is 0 Å². The number of quaternary nitrogens is 1. The summed E-state index contributed by atoms with van der Waals surface area (Å²) in [5, 5.41) is 48.0. The molecule has 0 unspecified atom stereocenters. The Labute approximate surface area is 409 Å². The van der Waals surface area contributed by atoms with E-state index in [0.29, 0.717) is 0 Å². The van der Waals surface area contributed by atoms with Gasteiger partial charge >= 0.3 is 5.97 Å². The number of hydrogen-bond donors (Lipinski definition) is 13. The Kier molecular flexibility index (Phi) is 20.4. The smallest absolute Gasteiger partial charge is 0.329 e. The first-order valence-corrected chi connectivity index (χ1v) is 23.2. The van der Waals surface area contributed by atoms with Crippen LogP contribution in [-0.2, 0) is 52.7 Å². The fourth-order valence-electron chi connectivity index (χ4n) is 7.43. The molecule has 0 aromatic carbocycles. The predicted octanol–water partition coefficient (Wildman–Crippen LogP) is -2.92. The van der Waals surface area contributed by atoms with Crippen molar-refractivity contribution >= 4 is 77.7 Å². The van der Waals surface area contributed by atoms with Crippen molar-refractivity contribution in [3.63, 3.8) is 0 Å². The molecule has 5 atom stereocenters. The number of carbonyl (C=O) groups excluding carboxylic acids is 10. The number of hydrogen-bond acceptors (Lipinski definition) is 13. The van der Waals surface area contributed by atoms with Gasteiger partial charge in [-0.25, -0.2) is 4.79 Å². The Morgan fingerprint density at radius 2 is 0.754 bits per heavy atom. The second-order valence-corrected chi connectivity index (χ2v) is 21.8. The van der Waals surface area contributed by atoms with Crippen LogP contribution in [-0.4, -0.2) is 145 Å². The molecular weight excluding hydrogens is 923 g/mol. The number of amides is 10. The van der Waals surface area contributed by atoms with Crippen LogP contribution in [0.4, 0.5) is 0 Å². The second kappa shape index (κ2) is 22.9. The van der Waals surface area contributed by atoms with Crippen molar-refractivity contribution in [2.75, 3.05) is 5.75 Å². The Balaban J connectivity index is 2.83. The van der Waals surface area contributed by atoms with Crippen LogP contribution in [0.3, 0.4) is 0 Å². The third kappa shape index (κ3) is 16.8. The van der Waals surface area contributed by atoms with E-state index in [0.717, 1.165) is 0 Å². The molecule has 25 heteroatoms. The Morgan fingerprint density at radius 3 is 1.00 bits per heavy atom. The van der Waals surface area contributed by atoms with Crippen LogP contribution in [0.25, 0.3) is 0 Å². The molecule has 0 saturated carbocycles. The Bertz CT molecular complexity index is 2000. The van der Waals surface area contributed by atoms with Crippen LogP contribution >= 0.6 is 12.6 Å². The molecular formula is C44H77N11O13S. The normalized spacial score (nSPS) is 20.1. The maximum absolute atomic E-state index is 13.3. The zero-order valence-electron chi connectivity index (χ0n) is 43.0. The molecule has 0 spiro atoms. The maximum Gasteiger partial charge on any atom is 0.329 e. The minimum absolute atomic E-state index is 0.0883. The van der Waals surface area contributed by atoms with Gasteiger partial charge in [0, 0.05) is 19.3 Å². The molecule has 0 aliphatic carbocycles. The van der Waals surface area contributed by atoms with Gasteiger partial charge in [0.2, 0.25) is 59.1 Å². The fourth-order valence-corrected chi connectivity index (χ4v) is 7.63. The van der Waals surface area contributed by atoms with E-state index in [4.69, 9.17) is 0 Å². The lowest BCUT2D eigenvalue weighted by Crippen LogP contribution is -3.24. The minimum Gasteiger partial charge on any atom is -0.634 e. The number of carboxylic acids is 1. The van der Waals surface area contributed by atoms with Crippen molar-refractivity contribution in [3.8, 4) is 0 Å². The van der Waals surface area contributed by atoms with E-state index in [-0.39, 0.29) is 30.1 Å². The van der Waals surface area contributed by atoms with Crippen LogP contribution in [0.15, 0.2) is 0 Å². The summed E-state index contributed by atoms with van der Waals surface area (Å²) in [6, 6.07) is -6.00. The van der Waals surface area contributed by atoms with Crippen molar-refractivity contribution in [2.45, 2.75) is 206 Å². The van der Waals surface area contributed by atoms with Crippen molar-refractivity contribution in [3.05, 3.63) is 5.21 Å². The molecule has 69 heavy (non-hydrogen) atoms. The Morgan fingerprint density at radius 1 is 0.507 bits per heavy atom. The number of carboxylic acid groups (broad SMARTS) is 1. The van der Waals surface area contributed by atoms with E-state index in [1.54, 1.807) is 27.7 Å². The van der Waals surface area contributed by atoms with Crippen molar-refractivity contribution < 1.29 is 62.9 Å². The monoisotopic (exact) mass is 1000 g/mol. The van der Waals surface area contributed by atoms with E-state index in [1.807, 2.05) is 0 Å². The van der Waals surface area contributed by atoms with Gasteiger partial charge in [-0.15, -0.1) is 0 Å². The number of carbonyl (C=O) groups is 11. The highest BCUT2D eigenvalue weighted by Gasteiger charge is 2.58. The van der Waals surface area contributed by atoms with Crippen molar-refractivity contribution in [2.24, 2.45) is 0 Å². The summed E-state index contributed by atoms with van der Waals surface area (Å²) in [5.41, 5.74) is -10.5. The average Bonchev–Trinajstić information content (AvgIpc) is 3.18. The average molecular weight is 1000 g/mol. The molecule has 0 aromatic rings. The standard InChI is InChI=1S/C44H77N11O13S/c1-22(45-27(56)18-19-69)28(57)50-40(10,11)33(62)46-23(2)29(58)51-41(12,13)34(63)47-24(3)30(59)52-42(14,15)35(64)48-25(4)31(60)53-43(16,17)36(65)49-26(5)32(61)54-44(37(66)67)20-38(6,7)55(68)39(8,9)21-44/h22-26,55,69H,18-21H2,1-17H3,(H,45,56)(H,46,62)(H,47,63)(H,48,64)(H,49,65)(H,50,57)(H,51,58)(H,52,59)(H,53,60)(H,54,61)(H,66,67)/t22-,23-,24-,25-,26-/m0/s1. The molecule has 392 valence electrons. The lowest BCUT2D eigenvalue weighted by Gasteiger charge is -2.57. The van der Waals surface area contributed by atoms with Gasteiger partial charge in [-0.1, -0.05) is 0 Å². The quantitative estimate of drug-likeness (QED) is 0.0383. The molecule has 10 amide bonds. The summed E-state index contributed by atoms with van der Waals surface area (Å²) in [6.07, 6.45) is -0.265. The highest BCUT2D eigenvalue weighted by molar-refractivity contribution is 7.80. The van der Waals surface area contributed by atoms with Gasteiger partial charge in [-0.05, 0) is 123 Å². The summed E-state index contributed by atoms with van der Waals surface area (Å²) in [5.74, 6) is -8.58. The fraction of sp³-hybridized carbons (Fsp3) is 0.750. The van der Waals surface area contributed by atoms with E-state index < -0.39 is 134 Å². The van der Waals surface area contributed by atoms with E-state index in [1.165, 1.54) is 90.0 Å². The van der Waals surface area contributed by atoms with Crippen molar-refractivity contribution in [1.82, 2.24) is 53.2 Å². The van der Waals surface area contributed by atoms with Crippen LogP contribution in [0.2, 0.25) is 0 Å². The summed E-state index contributed by atoms with van der Waals surface area (Å²) in [4.78, 5) is 143. The highest BCUT2D eigenvalue weighted by atomic mass is 32.1. The first-order valence-electron chi connectivity index (χ1n) is 22.5. The van der Waals surface area contributed by atoms with Crippen LogP contribution in [0.1, 0.15) is 137 Å². The predicted molar refractivity (Wildman–Crippen MR) is 256 cm³/mol. The van der Waals surface area contributed by atoms with Gasteiger partial charge < -0.3 is 68.5 Å². The summed E-state index contributed by atoms with van der Waals surface area (Å²) in [7, 11) is 0. The molecule has 1 fully saturated rings. The van der Waals surface area contributed by atoms with Crippen LogP contribution < -0.4 is 58.2 Å². The second-order valence-electron chi connectivity index (χ2n) is 21.3. The van der Waals surface area contributed by atoms with Gasteiger partial charge in [0.1, 0.15) is 57.9 Å². The summed E-state index contributed by atoms with van der Waals surface area (Å²) < 4.78 is 0. The molecule has 0 radical (unpaired) electrons. The van der Waals surface area contributed by atoms with Crippen LogP contribution in [0, 0.1) is 5.21 Å². The zero-order chi connectivity index (χ0) is 54.2. The zero-order valence-corrected chi connectivity index (χ0v) is 43.9. The molecule has 12 N–H and O–H groups in total. The number of aliphatic carboxylic acids is 1. The summed E-state index contributed by atoms with van der Waals surface area (Å²) in [6.45, 7) is 24.0. The first-order chi connectivity index (χ1) is 31.0. The molecule has 1 saturated heterocycles. The lowest BCUT2D eigenvalue weighted by atomic mass is 9.70. The number of nitrogens with one attached hydrogen (secondary N) is 11. The molecule has 1 aliphatic rings. The number of rotatable bonds is 22. The van der Waals surface area contributed by atoms with Gasteiger partial charge in [-0.3, -0.25) is 47.9 Å². The first kappa shape index (κ1) is 61.5. The minimum atomic E-state index is -1.80. The molecule has 0 bridgehead atoms. The molecule has 1 heterocycles. The van der Waals surface area contributed by atoms with Crippen molar-refractivity contribution in [1.29, 1.82) is 0 Å². The third-order valence-corrected chi connectivity index (χ3v) is 11.8. The molecule has 1 aliphatic heterocycles. The summed E-state index contributed by atoms with van der Waals surface area (Å²) >= 11 is 3.98. The number of thiol groups is 1. The van der Waals surface area contributed by atoms with E-state index in [9.17, 15) is 63.1 Å². The topological polar surface area (TPSA) is 356 Å². The van der Waals surface area contributed by atoms with Gasteiger partial charge in [0.15, 0.2) is 0 Å². The highest BCUT2D eigenvalue weighted by Crippen LogP contribution is 2.33. The molecule has 1 rings (SSSR count). The largest absolute Gasteiger partial charge is 0.634 e.